The number of nitrogens with two attached hydrogens (primary N) is 1. The SMILES string of the molecule is CCN(CC1CCCO1)C(=O)c1ccc(C)c(N)c1. The van der Waals surface area contributed by atoms with Gasteiger partial charge >= 0.3 is 0 Å². The number of hydrogen-bond acceptors (Lipinski definition) is 3. The number of hydrogen-bond donors (Lipinski definition) is 1. The van der Waals surface area contributed by atoms with E-state index in [1.54, 1.807) is 6.07 Å². The lowest BCUT2D eigenvalue weighted by Crippen LogP contribution is -2.37. The topological polar surface area (TPSA) is 55.6 Å². The monoisotopic (exact) mass is 262 g/mol. The number of likely N-dealkylation sites (N-methyl/N-ethyl adjacent to an activating group) is 1. The first kappa shape index (κ1) is 13.9. The molecule has 1 unspecified atom stereocenters. The van der Waals surface area contributed by atoms with Gasteiger partial charge in [0.05, 0.1) is 6.10 Å². The Morgan fingerprint density at radius 1 is 1.53 bits per heavy atom. The molecule has 1 fully saturated rings. The van der Waals surface area contributed by atoms with Gasteiger partial charge in [-0.25, -0.2) is 0 Å². The molecule has 4 nitrogen and oxygen atoms in total. The second kappa shape index (κ2) is 6.06. The lowest BCUT2D eigenvalue weighted by Gasteiger charge is -2.24. The molecule has 1 atom stereocenters. The maximum atomic E-state index is 12.4. The van der Waals surface area contributed by atoms with Crippen molar-refractivity contribution >= 4 is 11.6 Å². The lowest BCUT2D eigenvalue weighted by molar-refractivity contribution is 0.0539. The first-order valence-electron chi connectivity index (χ1n) is 6.88. The summed E-state index contributed by atoms with van der Waals surface area (Å²) in [6.07, 6.45) is 2.32. The molecule has 0 spiro atoms. The predicted octanol–water partition coefficient (Wildman–Crippen LogP) is 2.22. The van der Waals surface area contributed by atoms with Crippen LogP contribution in [0.5, 0.6) is 0 Å². The second-order valence-corrected chi connectivity index (χ2v) is 5.05. The molecule has 0 aliphatic carbocycles. The highest BCUT2D eigenvalue weighted by Gasteiger charge is 2.22. The lowest BCUT2D eigenvalue weighted by atomic mass is 10.1. The van der Waals surface area contributed by atoms with Gasteiger partial charge in [-0.1, -0.05) is 6.07 Å². The average molecular weight is 262 g/mol. The Balaban J connectivity index is 2.08. The highest BCUT2D eigenvalue weighted by atomic mass is 16.5. The average Bonchev–Trinajstić information content (AvgIpc) is 2.91. The number of aryl methyl sites for hydroxylation is 1. The van der Waals surface area contributed by atoms with E-state index < -0.39 is 0 Å². The normalized spacial score (nSPS) is 18.5. The van der Waals surface area contributed by atoms with Crippen molar-refractivity contribution in [3.8, 4) is 0 Å². The third-order valence-corrected chi connectivity index (χ3v) is 3.64. The summed E-state index contributed by atoms with van der Waals surface area (Å²) in [4.78, 5) is 14.3. The van der Waals surface area contributed by atoms with Crippen LogP contribution in [0.25, 0.3) is 0 Å². The molecular weight excluding hydrogens is 240 g/mol. The Bertz CT molecular complexity index is 453. The van der Waals surface area contributed by atoms with Crippen LogP contribution in [0.3, 0.4) is 0 Å². The van der Waals surface area contributed by atoms with Gasteiger partial charge in [0, 0.05) is 30.9 Å². The summed E-state index contributed by atoms with van der Waals surface area (Å²) in [5.74, 6) is 0.0321. The van der Waals surface area contributed by atoms with Crippen LogP contribution in [0.2, 0.25) is 0 Å². The van der Waals surface area contributed by atoms with Crippen molar-refractivity contribution in [2.24, 2.45) is 0 Å². The van der Waals surface area contributed by atoms with Crippen molar-refractivity contribution in [3.63, 3.8) is 0 Å². The first-order chi connectivity index (χ1) is 9.11. The van der Waals surface area contributed by atoms with Crippen LogP contribution in [0.1, 0.15) is 35.7 Å². The summed E-state index contributed by atoms with van der Waals surface area (Å²) in [6, 6.07) is 5.49. The van der Waals surface area contributed by atoms with E-state index in [-0.39, 0.29) is 12.0 Å². The van der Waals surface area contributed by atoms with E-state index in [2.05, 4.69) is 0 Å². The van der Waals surface area contributed by atoms with E-state index in [1.807, 2.05) is 30.9 Å². The van der Waals surface area contributed by atoms with Gasteiger partial charge in [-0.15, -0.1) is 0 Å². The van der Waals surface area contributed by atoms with Crippen molar-refractivity contribution in [1.82, 2.24) is 4.90 Å². The number of benzene rings is 1. The van der Waals surface area contributed by atoms with Gasteiger partial charge in [0.15, 0.2) is 0 Å². The Hall–Kier alpha value is -1.55. The van der Waals surface area contributed by atoms with Gasteiger partial charge in [0.25, 0.3) is 5.91 Å². The standard InChI is InChI=1S/C15H22N2O2/c1-3-17(10-13-5-4-8-19-13)15(18)12-7-6-11(2)14(16)9-12/h6-7,9,13H,3-5,8,10,16H2,1-2H3. The Kier molecular flexibility index (Phi) is 4.43. The molecule has 1 aliphatic heterocycles. The van der Waals surface area contributed by atoms with E-state index in [0.717, 1.165) is 25.0 Å². The number of amides is 1. The van der Waals surface area contributed by atoms with Crippen LogP contribution in [-0.2, 0) is 4.74 Å². The summed E-state index contributed by atoms with van der Waals surface area (Å²) < 4.78 is 5.60. The molecule has 4 heteroatoms. The molecule has 0 aromatic heterocycles. The smallest absolute Gasteiger partial charge is 0.254 e. The van der Waals surface area contributed by atoms with Gasteiger partial charge < -0.3 is 15.4 Å². The number of anilines is 1. The molecular formula is C15H22N2O2. The van der Waals surface area contributed by atoms with Gasteiger partial charge in [0.1, 0.15) is 0 Å². The van der Waals surface area contributed by atoms with Crippen molar-refractivity contribution in [1.29, 1.82) is 0 Å². The highest BCUT2D eigenvalue weighted by molar-refractivity contribution is 5.95. The molecule has 0 bridgehead atoms. The maximum absolute atomic E-state index is 12.4. The minimum atomic E-state index is 0.0321. The van der Waals surface area contributed by atoms with E-state index >= 15 is 0 Å². The summed E-state index contributed by atoms with van der Waals surface area (Å²) in [6.45, 7) is 6.10. The van der Waals surface area contributed by atoms with Gasteiger partial charge in [0.2, 0.25) is 0 Å². The largest absolute Gasteiger partial charge is 0.398 e. The van der Waals surface area contributed by atoms with Crippen LogP contribution in [0.15, 0.2) is 18.2 Å². The van der Waals surface area contributed by atoms with Gasteiger partial charge in [-0.2, -0.15) is 0 Å². The molecule has 0 saturated carbocycles. The minimum Gasteiger partial charge on any atom is -0.398 e. The zero-order chi connectivity index (χ0) is 13.8. The fraction of sp³-hybridized carbons (Fsp3) is 0.533. The second-order valence-electron chi connectivity index (χ2n) is 5.05. The molecule has 1 heterocycles. The minimum absolute atomic E-state index is 0.0321. The molecule has 1 saturated heterocycles. The van der Waals surface area contributed by atoms with Gasteiger partial charge in [-0.05, 0) is 44.4 Å². The van der Waals surface area contributed by atoms with Crippen LogP contribution >= 0.6 is 0 Å². The predicted molar refractivity (Wildman–Crippen MR) is 76.1 cm³/mol. The molecule has 19 heavy (non-hydrogen) atoms. The first-order valence-corrected chi connectivity index (χ1v) is 6.88. The Labute approximate surface area is 114 Å². The number of ether oxygens (including phenoxy) is 1. The fourth-order valence-electron chi connectivity index (χ4n) is 2.35. The summed E-state index contributed by atoms with van der Waals surface area (Å²) in [5.41, 5.74) is 8.19. The number of nitrogens with zero attached hydrogens (tertiary/aromatic N) is 1. The van der Waals surface area contributed by atoms with E-state index in [4.69, 9.17) is 10.5 Å². The Morgan fingerprint density at radius 3 is 2.89 bits per heavy atom. The van der Waals surface area contributed by atoms with Crippen LogP contribution in [0.4, 0.5) is 5.69 Å². The number of carbonyl (C=O) groups is 1. The quantitative estimate of drug-likeness (QED) is 0.846. The number of carbonyl (C=O) groups excluding carboxylic acids is 1. The van der Waals surface area contributed by atoms with Crippen LogP contribution < -0.4 is 5.73 Å². The molecule has 1 amide bonds. The van der Waals surface area contributed by atoms with Crippen LogP contribution in [-0.4, -0.2) is 36.6 Å². The van der Waals surface area contributed by atoms with Crippen molar-refractivity contribution in [2.75, 3.05) is 25.4 Å². The van der Waals surface area contributed by atoms with Crippen molar-refractivity contribution in [2.45, 2.75) is 32.8 Å². The molecule has 2 N–H and O–H groups in total. The van der Waals surface area contributed by atoms with E-state index in [0.29, 0.717) is 24.3 Å². The highest BCUT2D eigenvalue weighted by Crippen LogP contribution is 2.17. The molecule has 0 radical (unpaired) electrons. The van der Waals surface area contributed by atoms with Crippen molar-refractivity contribution in [3.05, 3.63) is 29.3 Å². The molecule has 2 rings (SSSR count). The molecule has 1 aromatic rings. The maximum Gasteiger partial charge on any atom is 0.254 e. The molecule has 104 valence electrons. The third kappa shape index (κ3) is 3.26. The third-order valence-electron chi connectivity index (χ3n) is 3.64. The molecule has 1 aliphatic rings. The number of rotatable bonds is 4. The fourth-order valence-corrected chi connectivity index (χ4v) is 2.35. The van der Waals surface area contributed by atoms with Crippen LogP contribution in [0, 0.1) is 6.92 Å². The van der Waals surface area contributed by atoms with Crippen molar-refractivity contribution < 1.29 is 9.53 Å². The number of nitrogen functional groups attached to an aromatic ring is 1. The summed E-state index contributed by atoms with van der Waals surface area (Å²) in [5, 5.41) is 0. The van der Waals surface area contributed by atoms with Gasteiger partial charge in [-0.3, -0.25) is 4.79 Å². The van der Waals surface area contributed by atoms with E-state index in [1.165, 1.54) is 0 Å². The summed E-state index contributed by atoms with van der Waals surface area (Å²) in [7, 11) is 0. The van der Waals surface area contributed by atoms with E-state index in [9.17, 15) is 4.79 Å². The summed E-state index contributed by atoms with van der Waals surface area (Å²) >= 11 is 0. The molecule has 1 aromatic carbocycles. The Morgan fingerprint density at radius 2 is 2.32 bits per heavy atom. The zero-order valence-electron chi connectivity index (χ0n) is 11.7. The zero-order valence-corrected chi connectivity index (χ0v) is 11.7.